The number of halogens is 2. The summed E-state index contributed by atoms with van der Waals surface area (Å²) >= 11 is 6.64. The summed E-state index contributed by atoms with van der Waals surface area (Å²) in [4.78, 5) is 4.96. The van der Waals surface area contributed by atoms with Gasteiger partial charge in [-0.3, -0.25) is 9.80 Å². The lowest BCUT2D eigenvalue weighted by Gasteiger charge is -2.44. The van der Waals surface area contributed by atoms with Crippen molar-refractivity contribution in [2.75, 3.05) is 13.1 Å². The fourth-order valence-electron chi connectivity index (χ4n) is 4.23. The van der Waals surface area contributed by atoms with E-state index in [9.17, 15) is 4.39 Å². The van der Waals surface area contributed by atoms with Crippen LogP contribution >= 0.6 is 11.6 Å². The van der Waals surface area contributed by atoms with Crippen LogP contribution in [-0.4, -0.2) is 22.9 Å². The van der Waals surface area contributed by atoms with E-state index in [1.807, 2.05) is 24.3 Å². The lowest BCUT2D eigenvalue weighted by molar-refractivity contribution is -0.00904. The Labute approximate surface area is 177 Å². The molecule has 4 heteroatoms. The molecular formula is C25H26ClFN2. The van der Waals surface area contributed by atoms with Gasteiger partial charge in [0, 0.05) is 36.8 Å². The van der Waals surface area contributed by atoms with Crippen molar-refractivity contribution in [3.8, 4) is 0 Å². The van der Waals surface area contributed by atoms with Crippen LogP contribution in [0.2, 0.25) is 5.02 Å². The second-order valence-electron chi connectivity index (χ2n) is 7.81. The minimum Gasteiger partial charge on any atom is -0.280 e. The van der Waals surface area contributed by atoms with Crippen LogP contribution in [0.4, 0.5) is 4.39 Å². The Morgan fingerprint density at radius 3 is 2.24 bits per heavy atom. The Bertz CT molecular complexity index is 957. The molecule has 150 valence electrons. The minimum atomic E-state index is -0.198. The van der Waals surface area contributed by atoms with Crippen LogP contribution < -0.4 is 0 Å². The van der Waals surface area contributed by atoms with Gasteiger partial charge in [-0.05, 0) is 42.7 Å². The highest BCUT2D eigenvalue weighted by atomic mass is 35.5. The Morgan fingerprint density at radius 1 is 0.862 bits per heavy atom. The standard InChI is InChI=1S/C25H26ClFN2/c1-19-6-4-7-21(16-19)18-29-15-5-14-28(17-20-10-12-22(27)13-11-20)25(29)23-8-2-3-9-24(23)26/h2-4,6-13,16,25H,5,14-15,17-18H2,1H3. The first-order valence-electron chi connectivity index (χ1n) is 10.1. The van der Waals surface area contributed by atoms with Gasteiger partial charge >= 0.3 is 0 Å². The van der Waals surface area contributed by atoms with Gasteiger partial charge in [-0.2, -0.15) is 0 Å². The number of rotatable bonds is 5. The maximum Gasteiger partial charge on any atom is 0.123 e. The first-order valence-corrected chi connectivity index (χ1v) is 10.5. The number of benzene rings is 3. The molecule has 29 heavy (non-hydrogen) atoms. The Balaban J connectivity index is 1.66. The summed E-state index contributed by atoms with van der Waals surface area (Å²) in [7, 11) is 0. The van der Waals surface area contributed by atoms with Crippen LogP contribution in [0.3, 0.4) is 0 Å². The van der Waals surface area contributed by atoms with Gasteiger partial charge < -0.3 is 0 Å². The van der Waals surface area contributed by atoms with Crippen molar-refractivity contribution >= 4 is 11.6 Å². The molecule has 0 N–H and O–H groups in total. The average molecular weight is 409 g/mol. The second-order valence-corrected chi connectivity index (χ2v) is 8.21. The van der Waals surface area contributed by atoms with Crippen LogP contribution in [0.25, 0.3) is 0 Å². The SMILES string of the molecule is Cc1cccc(CN2CCCN(Cc3ccc(F)cc3)C2c2ccccc2Cl)c1. The van der Waals surface area contributed by atoms with Crippen LogP contribution in [0.15, 0.2) is 72.8 Å². The molecule has 0 aromatic heterocycles. The summed E-state index contributed by atoms with van der Waals surface area (Å²) in [5.41, 5.74) is 4.83. The van der Waals surface area contributed by atoms with Crippen molar-refractivity contribution in [1.29, 1.82) is 0 Å². The molecule has 1 aliphatic heterocycles. The lowest BCUT2D eigenvalue weighted by Crippen LogP contribution is -2.47. The fourth-order valence-corrected chi connectivity index (χ4v) is 4.46. The van der Waals surface area contributed by atoms with Gasteiger partial charge in [0.1, 0.15) is 5.82 Å². The topological polar surface area (TPSA) is 6.48 Å². The third-order valence-electron chi connectivity index (χ3n) is 5.53. The first-order chi connectivity index (χ1) is 14.1. The van der Waals surface area contributed by atoms with E-state index in [0.29, 0.717) is 0 Å². The van der Waals surface area contributed by atoms with E-state index in [0.717, 1.165) is 48.7 Å². The van der Waals surface area contributed by atoms with Crippen molar-refractivity contribution in [2.24, 2.45) is 0 Å². The van der Waals surface area contributed by atoms with Crippen LogP contribution in [-0.2, 0) is 13.1 Å². The predicted octanol–water partition coefficient (Wildman–Crippen LogP) is 6.19. The molecule has 1 heterocycles. The van der Waals surface area contributed by atoms with Crippen LogP contribution in [0.1, 0.15) is 34.8 Å². The second kappa shape index (κ2) is 9.08. The number of hydrogen-bond donors (Lipinski definition) is 0. The van der Waals surface area contributed by atoms with Crippen LogP contribution in [0.5, 0.6) is 0 Å². The Morgan fingerprint density at radius 2 is 1.55 bits per heavy atom. The average Bonchev–Trinajstić information content (AvgIpc) is 2.71. The largest absolute Gasteiger partial charge is 0.280 e. The molecule has 1 aliphatic rings. The van der Waals surface area contributed by atoms with Crippen molar-refractivity contribution in [3.05, 3.63) is 106 Å². The molecule has 3 aromatic rings. The molecule has 2 nitrogen and oxygen atoms in total. The highest BCUT2D eigenvalue weighted by Crippen LogP contribution is 2.35. The molecule has 0 saturated carbocycles. The maximum absolute atomic E-state index is 13.4. The third kappa shape index (κ3) is 4.87. The molecule has 1 saturated heterocycles. The molecule has 1 fully saturated rings. The number of hydrogen-bond acceptors (Lipinski definition) is 2. The molecule has 1 atom stereocenters. The molecule has 0 amide bonds. The fraction of sp³-hybridized carbons (Fsp3) is 0.280. The molecule has 0 aliphatic carbocycles. The predicted molar refractivity (Wildman–Crippen MR) is 117 cm³/mol. The normalized spacial score (nSPS) is 18.1. The van der Waals surface area contributed by atoms with Gasteiger partial charge in [-0.1, -0.05) is 71.8 Å². The van der Waals surface area contributed by atoms with E-state index < -0.39 is 0 Å². The van der Waals surface area contributed by atoms with Gasteiger partial charge in [0.25, 0.3) is 0 Å². The van der Waals surface area contributed by atoms with Crippen molar-refractivity contribution in [1.82, 2.24) is 9.80 Å². The number of nitrogens with zero attached hydrogens (tertiary/aromatic N) is 2. The summed E-state index contributed by atoms with van der Waals surface area (Å²) in [5.74, 6) is -0.198. The highest BCUT2D eigenvalue weighted by molar-refractivity contribution is 6.31. The summed E-state index contributed by atoms with van der Waals surface area (Å²) in [6, 6.07) is 23.6. The van der Waals surface area contributed by atoms with Crippen molar-refractivity contribution in [2.45, 2.75) is 32.6 Å². The zero-order chi connectivity index (χ0) is 20.2. The molecule has 0 spiro atoms. The molecule has 0 radical (unpaired) electrons. The van der Waals surface area contributed by atoms with Gasteiger partial charge in [0.05, 0.1) is 6.17 Å². The molecular weight excluding hydrogens is 383 g/mol. The van der Waals surface area contributed by atoms with Gasteiger partial charge in [0.15, 0.2) is 0 Å². The molecule has 0 bridgehead atoms. The van der Waals surface area contributed by atoms with Gasteiger partial charge in [0.2, 0.25) is 0 Å². The van der Waals surface area contributed by atoms with E-state index in [1.165, 1.54) is 23.3 Å². The lowest BCUT2D eigenvalue weighted by atomic mass is 10.0. The van der Waals surface area contributed by atoms with Gasteiger partial charge in [-0.25, -0.2) is 4.39 Å². The summed E-state index contributed by atoms with van der Waals surface area (Å²) in [6.07, 6.45) is 1.18. The van der Waals surface area contributed by atoms with Crippen molar-refractivity contribution < 1.29 is 4.39 Å². The van der Waals surface area contributed by atoms with E-state index >= 15 is 0 Å². The zero-order valence-electron chi connectivity index (χ0n) is 16.7. The van der Waals surface area contributed by atoms with Gasteiger partial charge in [-0.15, -0.1) is 0 Å². The Hall–Kier alpha value is -2.20. The van der Waals surface area contributed by atoms with E-state index in [2.05, 4.69) is 53.1 Å². The zero-order valence-corrected chi connectivity index (χ0v) is 17.4. The number of aryl methyl sites for hydroxylation is 1. The van der Waals surface area contributed by atoms with E-state index in [-0.39, 0.29) is 12.0 Å². The Kier molecular flexibility index (Phi) is 6.29. The summed E-state index contributed by atoms with van der Waals surface area (Å²) in [5, 5.41) is 0.790. The van der Waals surface area contributed by atoms with Crippen LogP contribution in [0, 0.1) is 12.7 Å². The minimum absolute atomic E-state index is 0.0861. The first kappa shape index (κ1) is 20.1. The quantitative estimate of drug-likeness (QED) is 0.496. The molecule has 3 aromatic carbocycles. The highest BCUT2D eigenvalue weighted by Gasteiger charge is 2.32. The van der Waals surface area contributed by atoms with E-state index in [4.69, 9.17) is 11.6 Å². The monoisotopic (exact) mass is 408 g/mol. The van der Waals surface area contributed by atoms with Crippen molar-refractivity contribution in [3.63, 3.8) is 0 Å². The van der Waals surface area contributed by atoms with E-state index in [1.54, 1.807) is 0 Å². The summed E-state index contributed by atoms with van der Waals surface area (Å²) < 4.78 is 13.4. The third-order valence-corrected chi connectivity index (χ3v) is 5.88. The maximum atomic E-state index is 13.4. The summed E-state index contributed by atoms with van der Waals surface area (Å²) in [6.45, 7) is 5.77. The smallest absolute Gasteiger partial charge is 0.123 e. The molecule has 1 unspecified atom stereocenters. The molecule has 4 rings (SSSR count).